The number of amides is 1. The highest BCUT2D eigenvalue weighted by atomic mass is 16.1. The fraction of sp³-hybridized carbons (Fsp3) is 0.917. The highest BCUT2D eigenvalue weighted by molar-refractivity contribution is 5.78. The number of hydrogen-bond donors (Lipinski definition) is 2. The molecule has 1 atom stereocenters. The molecule has 1 aliphatic rings. The van der Waals surface area contributed by atoms with Gasteiger partial charge in [-0.15, -0.1) is 0 Å². The Hall–Kier alpha value is -0.570. The van der Waals surface area contributed by atoms with Gasteiger partial charge in [-0.25, -0.2) is 0 Å². The van der Waals surface area contributed by atoms with E-state index >= 15 is 0 Å². The molecular weight excluding hydrogens is 188 g/mol. The van der Waals surface area contributed by atoms with Gasteiger partial charge >= 0.3 is 0 Å². The third-order valence-corrected chi connectivity index (χ3v) is 3.26. The van der Waals surface area contributed by atoms with Crippen molar-refractivity contribution >= 4 is 5.91 Å². The zero-order valence-electron chi connectivity index (χ0n) is 10.2. The van der Waals surface area contributed by atoms with Crippen molar-refractivity contribution in [3.05, 3.63) is 0 Å². The molecule has 0 spiro atoms. The van der Waals surface area contributed by atoms with E-state index < -0.39 is 0 Å². The van der Waals surface area contributed by atoms with Crippen molar-refractivity contribution in [1.82, 2.24) is 10.6 Å². The maximum absolute atomic E-state index is 11.5. The zero-order valence-corrected chi connectivity index (χ0v) is 10.2. The van der Waals surface area contributed by atoms with Crippen LogP contribution in [0.25, 0.3) is 0 Å². The van der Waals surface area contributed by atoms with Gasteiger partial charge in [0, 0.05) is 11.6 Å². The first kappa shape index (κ1) is 12.5. The summed E-state index contributed by atoms with van der Waals surface area (Å²) in [6.45, 7) is 6.85. The van der Waals surface area contributed by atoms with Gasteiger partial charge in [0.25, 0.3) is 0 Å². The summed E-state index contributed by atoms with van der Waals surface area (Å²) in [4.78, 5) is 11.5. The number of carbonyl (C=O) groups excluding carboxylic acids is 1. The van der Waals surface area contributed by atoms with E-state index in [0.717, 1.165) is 12.8 Å². The fourth-order valence-corrected chi connectivity index (χ4v) is 2.01. The topological polar surface area (TPSA) is 41.1 Å². The largest absolute Gasteiger partial charge is 0.353 e. The van der Waals surface area contributed by atoms with Crippen molar-refractivity contribution in [3.63, 3.8) is 0 Å². The Labute approximate surface area is 93.0 Å². The Morgan fingerprint density at radius 1 is 1.47 bits per heavy atom. The molecule has 0 bridgehead atoms. The zero-order chi connectivity index (χ0) is 11.3. The molecule has 0 aliphatic heterocycles. The average molecular weight is 212 g/mol. The third-order valence-electron chi connectivity index (χ3n) is 3.26. The van der Waals surface area contributed by atoms with Gasteiger partial charge in [-0.05, 0) is 39.5 Å². The second-order valence-corrected chi connectivity index (χ2v) is 5.03. The van der Waals surface area contributed by atoms with E-state index in [1.807, 2.05) is 0 Å². The summed E-state index contributed by atoms with van der Waals surface area (Å²) in [6, 6.07) is 0.304. The first-order chi connectivity index (χ1) is 7.06. The van der Waals surface area contributed by atoms with Crippen LogP contribution < -0.4 is 10.6 Å². The summed E-state index contributed by atoms with van der Waals surface area (Å²) in [5, 5.41) is 6.33. The molecule has 15 heavy (non-hydrogen) atoms. The molecular formula is C12H24N2O. The molecule has 1 unspecified atom stereocenters. The minimum absolute atomic E-state index is 0.129. The maximum atomic E-state index is 11.5. The molecule has 0 aromatic heterocycles. The van der Waals surface area contributed by atoms with Crippen LogP contribution in [0.2, 0.25) is 0 Å². The van der Waals surface area contributed by atoms with Gasteiger partial charge in [0.15, 0.2) is 0 Å². The van der Waals surface area contributed by atoms with Crippen LogP contribution in [0.1, 0.15) is 52.9 Å². The molecule has 3 heteroatoms. The second-order valence-electron chi connectivity index (χ2n) is 5.03. The molecule has 1 saturated carbocycles. The van der Waals surface area contributed by atoms with Crippen LogP contribution in [0.4, 0.5) is 0 Å². The Bertz CT molecular complexity index is 212. The average Bonchev–Trinajstić information content (AvgIpc) is 2.12. The SMILES string of the molecule is CCCC(C)NC(=O)CNC1(C)CCC1. The van der Waals surface area contributed by atoms with Gasteiger partial charge in [-0.3, -0.25) is 4.79 Å². The molecule has 1 aliphatic carbocycles. The number of carbonyl (C=O) groups is 1. The van der Waals surface area contributed by atoms with E-state index in [2.05, 4.69) is 31.4 Å². The van der Waals surface area contributed by atoms with Gasteiger partial charge in [0.05, 0.1) is 6.54 Å². The third kappa shape index (κ3) is 4.20. The molecule has 88 valence electrons. The minimum atomic E-state index is 0.129. The Kier molecular flexibility index (Phi) is 4.58. The smallest absolute Gasteiger partial charge is 0.234 e. The number of rotatable bonds is 6. The van der Waals surface area contributed by atoms with E-state index in [1.165, 1.54) is 19.3 Å². The summed E-state index contributed by atoms with van der Waals surface area (Å²) in [5.41, 5.74) is 0.228. The molecule has 0 radical (unpaired) electrons. The molecule has 0 saturated heterocycles. The molecule has 1 amide bonds. The van der Waals surface area contributed by atoms with Gasteiger partial charge in [-0.1, -0.05) is 13.3 Å². The number of nitrogens with one attached hydrogen (secondary N) is 2. The number of hydrogen-bond acceptors (Lipinski definition) is 2. The molecule has 1 rings (SSSR count). The lowest BCUT2D eigenvalue weighted by atomic mass is 9.78. The maximum Gasteiger partial charge on any atom is 0.234 e. The molecule has 2 N–H and O–H groups in total. The minimum Gasteiger partial charge on any atom is -0.353 e. The Morgan fingerprint density at radius 2 is 2.13 bits per heavy atom. The van der Waals surface area contributed by atoms with Crippen molar-refractivity contribution in [2.75, 3.05) is 6.54 Å². The molecule has 1 fully saturated rings. The Morgan fingerprint density at radius 3 is 2.60 bits per heavy atom. The van der Waals surface area contributed by atoms with Gasteiger partial charge < -0.3 is 10.6 Å². The highest BCUT2D eigenvalue weighted by Gasteiger charge is 2.31. The van der Waals surface area contributed by atoms with Gasteiger partial charge in [0.2, 0.25) is 5.91 Å². The van der Waals surface area contributed by atoms with Crippen molar-refractivity contribution in [2.45, 2.75) is 64.5 Å². The normalized spacial score (nSPS) is 20.5. The van der Waals surface area contributed by atoms with Crippen LogP contribution in [0.15, 0.2) is 0 Å². The summed E-state index contributed by atoms with van der Waals surface area (Å²) in [7, 11) is 0. The van der Waals surface area contributed by atoms with Crippen LogP contribution in [0.5, 0.6) is 0 Å². The lowest BCUT2D eigenvalue weighted by Gasteiger charge is -2.39. The van der Waals surface area contributed by atoms with E-state index in [1.54, 1.807) is 0 Å². The fourth-order valence-electron chi connectivity index (χ4n) is 2.01. The molecule has 0 heterocycles. The predicted octanol–water partition coefficient (Wildman–Crippen LogP) is 1.82. The van der Waals surface area contributed by atoms with Crippen LogP contribution >= 0.6 is 0 Å². The standard InChI is InChI=1S/C12H24N2O/c1-4-6-10(2)14-11(15)9-13-12(3)7-5-8-12/h10,13H,4-9H2,1-3H3,(H,14,15). The van der Waals surface area contributed by atoms with Crippen molar-refractivity contribution in [2.24, 2.45) is 0 Å². The van der Waals surface area contributed by atoms with E-state index in [0.29, 0.717) is 12.6 Å². The molecule has 0 aromatic rings. The summed E-state index contributed by atoms with van der Waals surface area (Å²) < 4.78 is 0. The summed E-state index contributed by atoms with van der Waals surface area (Å²) in [5.74, 6) is 0.129. The van der Waals surface area contributed by atoms with Crippen LogP contribution in [-0.2, 0) is 4.79 Å². The molecule has 0 aromatic carbocycles. The van der Waals surface area contributed by atoms with Crippen LogP contribution in [0.3, 0.4) is 0 Å². The lowest BCUT2D eigenvalue weighted by molar-refractivity contribution is -0.121. The van der Waals surface area contributed by atoms with Crippen LogP contribution in [-0.4, -0.2) is 24.0 Å². The van der Waals surface area contributed by atoms with Crippen LogP contribution in [0, 0.1) is 0 Å². The summed E-state index contributed by atoms with van der Waals surface area (Å²) >= 11 is 0. The first-order valence-corrected chi connectivity index (χ1v) is 6.10. The van der Waals surface area contributed by atoms with E-state index in [9.17, 15) is 4.79 Å². The molecule has 3 nitrogen and oxygen atoms in total. The summed E-state index contributed by atoms with van der Waals surface area (Å²) in [6.07, 6.45) is 5.86. The van der Waals surface area contributed by atoms with Crippen molar-refractivity contribution < 1.29 is 4.79 Å². The first-order valence-electron chi connectivity index (χ1n) is 6.10. The van der Waals surface area contributed by atoms with Gasteiger partial charge in [-0.2, -0.15) is 0 Å². The van der Waals surface area contributed by atoms with Crippen molar-refractivity contribution in [1.29, 1.82) is 0 Å². The van der Waals surface area contributed by atoms with E-state index in [4.69, 9.17) is 0 Å². The Balaban J connectivity index is 2.13. The predicted molar refractivity (Wildman–Crippen MR) is 62.8 cm³/mol. The quantitative estimate of drug-likeness (QED) is 0.705. The second kappa shape index (κ2) is 5.50. The monoisotopic (exact) mass is 212 g/mol. The van der Waals surface area contributed by atoms with E-state index in [-0.39, 0.29) is 11.4 Å². The highest BCUT2D eigenvalue weighted by Crippen LogP contribution is 2.30. The van der Waals surface area contributed by atoms with Crippen molar-refractivity contribution in [3.8, 4) is 0 Å². The van der Waals surface area contributed by atoms with Gasteiger partial charge in [0.1, 0.15) is 0 Å². The lowest BCUT2D eigenvalue weighted by Crippen LogP contribution is -2.52.